The summed E-state index contributed by atoms with van der Waals surface area (Å²) < 4.78 is 22.1. The first-order valence-electron chi connectivity index (χ1n) is 14.9. The lowest BCUT2D eigenvalue weighted by molar-refractivity contribution is 0.0395. The quantitative estimate of drug-likeness (QED) is 0.126. The second-order valence-electron chi connectivity index (χ2n) is 11.8. The summed E-state index contributed by atoms with van der Waals surface area (Å²) in [6, 6.07) is 5.42. The van der Waals surface area contributed by atoms with Gasteiger partial charge in [0.25, 0.3) is 0 Å². The molecule has 0 aromatic heterocycles. The molecule has 0 unspecified atom stereocenters. The first-order valence-corrected chi connectivity index (χ1v) is 15.3. The zero-order valence-corrected chi connectivity index (χ0v) is 27.3. The van der Waals surface area contributed by atoms with Gasteiger partial charge in [0, 0.05) is 33.2 Å². The van der Waals surface area contributed by atoms with Gasteiger partial charge in [-0.3, -0.25) is 0 Å². The highest BCUT2D eigenvalue weighted by atomic mass is 32.1. The second kappa shape index (κ2) is 19.8. The van der Waals surface area contributed by atoms with Crippen molar-refractivity contribution in [3.8, 4) is 11.5 Å². The fourth-order valence-electron chi connectivity index (χ4n) is 4.32. The maximum absolute atomic E-state index is 12.7. The highest BCUT2D eigenvalue weighted by molar-refractivity contribution is 7.80. The number of thiocarbonyl (C=S) groups is 1. The molecule has 1 aromatic carbocycles. The van der Waals surface area contributed by atoms with Crippen molar-refractivity contribution >= 4 is 23.4 Å². The van der Waals surface area contributed by atoms with E-state index >= 15 is 0 Å². The van der Waals surface area contributed by atoms with Crippen LogP contribution in [0.1, 0.15) is 79.2 Å². The Hall–Kier alpha value is -2.30. The number of carbonyl (C=O) groups is 1. The fourth-order valence-corrected chi connectivity index (χ4v) is 4.50. The van der Waals surface area contributed by atoms with Gasteiger partial charge >= 0.3 is 6.09 Å². The van der Waals surface area contributed by atoms with Crippen LogP contribution in [0.4, 0.5) is 4.79 Å². The zero-order valence-electron chi connectivity index (χ0n) is 26.5. The maximum Gasteiger partial charge on any atom is 0.407 e. The van der Waals surface area contributed by atoms with E-state index in [-0.39, 0.29) is 18.4 Å². The van der Waals surface area contributed by atoms with Crippen molar-refractivity contribution in [3.05, 3.63) is 23.8 Å². The number of aliphatic hydroxyl groups is 1. The van der Waals surface area contributed by atoms with E-state index in [0.29, 0.717) is 36.2 Å². The average Bonchev–Trinajstić information content (AvgIpc) is 2.90. The molecule has 9 nitrogen and oxygen atoms in total. The standard InChI is InChI=1S/C31H55N3O6S/c1-9-10-11-15-32-29(41)33-21-26(35)25(34-30(36)40-31(4,5)6)20-24(22(2)3)18-23-13-14-27(38-8)28(19-23)39-17-12-16-37-7/h13-14,19,22,24-26,35H,9-12,15-18,20-21H2,1-8H3,(H,34,36)(H2,32,33,41)/t24-,25-,26-/m0/s1. The van der Waals surface area contributed by atoms with Crippen LogP contribution in [0, 0.1) is 11.8 Å². The smallest absolute Gasteiger partial charge is 0.407 e. The van der Waals surface area contributed by atoms with E-state index in [1.165, 1.54) is 0 Å². The molecule has 0 saturated heterocycles. The van der Waals surface area contributed by atoms with Gasteiger partial charge in [0.1, 0.15) is 5.60 Å². The first kappa shape index (κ1) is 36.7. The van der Waals surface area contributed by atoms with Gasteiger partial charge in [0.05, 0.1) is 25.9 Å². The Morgan fingerprint density at radius 2 is 1.78 bits per heavy atom. The maximum atomic E-state index is 12.7. The molecule has 1 amide bonds. The topological polar surface area (TPSA) is 110 Å². The minimum atomic E-state index is -0.880. The number of aliphatic hydroxyl groups excluding tert-OH is 1. The molecule has 41 heavy (non-hydrogen) atoms. The number of unbranched alkanes of at least 4 members (excludes halogenated alkanes) is 2. The van der Waals surface area contributed by atoms with Gasteiger partial charge in [0.2, 0.25) is 0 Å². The number of alkyl carbamates (subject to hydrolysis) is 1. The Morgan fingerprint density at radius 3 is 2.39 bits per heavy atom. The molecule has 1 aromatic rings. The van der Waals surface area contributed by atoms with Gasteiger partial charge in [-0.2, -0.15) is 0 Å². The third-order valence-corrected chi connectivity index (χ3v) is 6.97. The Morgan fingerprint density at radius 1 is 1.05 bits per heavy atom. The number of hydrogen-bond acceptors (Lipinski definition) is 7. The number of carbonyl (C=O) groups excluding carboxylic acids is 1. The summed E-state index contributed by atoms with van der Waals surface area (Å²) in [4.78, 5) is 12.7. The van der Waals surface area contributed by atoms with Crippen LogP contribution in [-0.2, 0) is 15.9 Å². The van der Waals surface area contributed by atoms with Gasteiger partial charge < -0.3 is 40.0 Å². The zero-order chi connectivity index (χ0) is 30.8. The lowest BCUT2D eigenvalue weighted by Gasteiger charge is -2.31. The summed E-state index contributed by atoms with van der Waals surface area (Å²) in [5.41, 5.74) is 0.439. The van der Waals surface area contributed by atoms with Crippen molar-refractivity contribution in [3.63, 3.8) is 0 Å². The van der Waals surface area contributed by atoms with E-state index in [0.717, 1.165) is 44.2 Å². The molecule has 0 heterocycles. The number of nitrogens with one attached hydrogen (secondary N) is 3. The van der Waals surface area contributed by atoms with E-state index in [4.69, 9.17) is 31.2 Å². The van der Waals surface area contributed by atoms with Crippen LogP contribution >= 0.6 is 12.2 Å². The molecule has 1 rings (SSSR count). The molecule has 0 saturated carbocycles. The van der Waals surface area contributed by atoms with Crippen molar-refractivity contribution in [2.24, 2.45) is 11.8 Å². The monoisotopic (exact) mass is 597 g/mol. The van der Waals surface area contributed by atoms with E-state index in [2.05, 4.69) is 36.7 Å². The average molecular weight is 598 g/mol. The van der Waals surface area contributed by atoms with Gasteiger partial charge in [0.15, 0.2) is 16.6 Å². The Balaban J connectivity index is 3.01. The SMILES string of the molecule is CCCCCNC(=S)NC[C@H](O)[C@H](C[C@H](Cc1ccc(OC)c(OCCCOC)c1)C(C)C)NC(=O)OC(C)(C)C. The van der Waals surface area contributed by atoms with Gasteiger partial charge in [-0.15, -0.1) is 0 Å². The minimum Gasteiger partial charge on any atom is -0.493 e. The fraction of sp³-hybridized carbons (Fsp3) is 0.742. The number of rotatable bonds is 19. The summed E-state index contributed by atoms with van der Waals surface area (Å²) in [5.74, 6) is 1.81. The number of hydrogen-bond donors (Lipinski definition) is 4. The van der Waals surface area contributed by atoms with Crippen LogP contribution in [0.25, 0.3) is 0 Å². The number of ether oxygens (including phenoxy) is 4. The molecule has 3 atom stereocenters. The molecule has 236 valence electrons. The van der Waals surface area contributed by atoms with Crippen LogP contribution in [-0.4, -0.2) is 74.6 Å². The summed E-state index contributed by atoms with van der Waals surface area (Å²) in [6.45, 7) is 14.0. The number of benzene rings is 1. The minimum absolute atomic E-state index is 0.151. The lowest BCUT2D eigenvalue weighted by atomic mass is 9.83. The van der Waals surface area contributed by atoms with Crippen LogP contribution in [0.2, 0.25) is 0 Å². The lowest BCUT2D eigenvalue weighted by Crippen LogP contribution is -2.51. The Kier molecular flexibility index (Phi) is 17.7. The molecular formula is C31H55N3O6S. The van der Waals surface area contributed by atoms with Gasteiger partial charge in [-0.25, -0.2) is 4.79 Å². The molecule has 10 heteroatoms. The predicted octanol–water partition coefficient (Wildman–Crippen LogP) is 5.22. The van der Waals surface area contributed by atoms with E-state index < -0.39 is 23.8 Å². The van der Waals surface area contributed by atoms with Crippen molar-refractivity contribution < 1.29 is 28.8 Å². The summed E-state index contributed by atoms with van der Waals surface area (Å²) in [5, 5.41) is 20.9. The summed E-state index contributed by atoms with van der Waals surface area (Å²) in [6.07, 6.45) is 3.93. The summed E-state index contributed by atoms with van der Waals surface area (Å²) in [7, 11) is 3.30. The first-order chi connectivity index (χ1) is 19.4. The number of methoxy groups -OCH3 is 2. The molecule has 0 radical (unpaired) electrons. The summed E-state index contributed by atoms with van der Waals surface area (Å²) >= 11 is 5.39. The van der Waals surface area contributed by atoms with Crippen molar-refractivity contribution in [1.82, 2.24) is 16.0 Å². The van der Waals surface area contributed by atoms with Crippen LogP contribution in [0.15, 0.2) is 18.2 Å². The Bertz CT molecular complexity index is 893. The molecular weight excluding hydrogens is 542 g/mol. The second-order valence-corrected chi connectivity index (χ2v) is 12.2. The van der Waals surface area contributed by atoms with Gasteiger partial charge in [-0.05, 0) is 81.8 Å². The third kappa shape index (κ3) is 16.1. The molecule has 4 N–H and O–H groups in total. The van der Waals surface area contributed by atoms with Crippen molar-refractivity contribution in [2.45, 2.75) is 97.8 Å². The highest BCUT2D eigenvalue weighted by Crippen LogP contribution is 2.31. The number of amides is 1. The molecule has 0 aliphatic carbocycles. The molecule has 0 aliphatic rings. The van der Waals surface area contributed by atoms with E-state index in [1.807, 2.05) is 39.0 Å². The molecule has 0 fully saturated rings. The third-order valence-electron chi connectivity index (χ3n) is 6.68. The van der Waals surface area contributed by atoms with Crippen molar-refractivity contribution in [1.29, 1.82) is 0 Å². The van der Waals surface area contributed by atoms with Gasteiger partial charge in [-0.1, -0.05) is 39.7 Å². The van der Waals surface area contributed by atoms with E-state index in [9.17, 15) is 9.90 Å². The molecule has 0 bridgehead atoms. The largest absolute Gasteiger partial charge is 0.493 e. The highest BCUT2D eigenvalue weighted by Gasteiger charge is 2.29. The van der Waals surface area contributed by atoms with Crippen LogP contribution in [0.3, 0.4) is 0 Å². The van der Waals surface area contributed by atoms with Crippen molar-refractivity contribution in [2.75, 3.05) is 40.5 Å². The Labute approximate surface area is 253 Å². The predicted molar refractivity (Wildman–Crippen MR) is 169 cm³/mol. The normalized spacial score (nSPS) is 13.7. The molecule has 0 aliphatic heterocycles. The van der Waals surface area contributed by atoms with Crippen LogP contribution < -0.4 is 25.4 Å². The van der Waals surface area contributed by atoms with E-state index in [1.54, 1.807) is 14.2 Å². The molecule has 0 spiro atoms. The van der Waals surface area contributed by atoms with Crippen LogP contribution in [0.5, 0.6) is 11.5 Å².